The van der Waals surface area contributed by atoms with Gasteiger partial charge in [-0.3, -0.25) is 0 Å². The van der Waals surface area contributed by atoms with Crippen LogP contribution in [0.5, 0.6) is 0 Å². The van der Waals surface area contributed by atoms with Gasteiger partial charge in [0.15, 0.2) is 0 Å². The third-order valence-electron chi connectivity index (χ3n) is 8.65. The van der Waals surface area contributed by atoms with Gasteiger partial charge >= 0.3 is 0 Å². The van der Waals surface area contributed by atoms with Gasteiger partial charge in [-0.15, -0.1) is 12.3 Å². The summed E-state index contributed by atoms with van der Waals surface area (Å²) in [6, 6.07) is 33.8. The summed E-state index contributed by atoms with van der Waals surface area (Å²) in [5, 5.41) is 0. The Kier molecular flexibility index (Phi) is 3.82. The summed E-state index contributed by atoms with van der Waals surface area (Å²) in [7, 11) is 0. The highest BCUT2D eigenvalue weighted by Crippen LogP contribution is 2.72. The van der Waals surface area contributed by atoms with Crippen LogP contribution in [-0.2, 0) is 16.2 Å². The molecule has 2 unspecified atom stereocenters. The average Bonchev–Trinajstić information content (AvgIpc) is 2.80. The third-order valence-corrected chi connectivity index (χ3v) is 8.65. The molecule has 3 aromatic rings. The molecule has 0 heterocycles. The summed E-state index contributed by atoms with van der Waals surface area (Å²) < 4.78 is 0. The zero-order valence-electron chi connectivity index (χ0n) is 17.4. The van der Waals surface area contributed by atoms with Gasteiger partial charge in [0.1, 0.15) is 0 Å². The highest BCUT2D eigenvalue weighted by atomic mass is 14.7. The summed E-state index contributed by atoms with van der Waals surface area (Å²) in [5.41, 5.74) is 4.75. The van der Waals surface area contributed by atoms with Gasteiger partial charge in [-0.1, -0.05) is 91.0 Å². The lowest BCUT2D eigenvalue weighted by molar-refractivity contribution is -0.0799. The highest BCUT2D eigenvalue weighted by Gasteiger charge is 2.69. The smallest absolute Gasteiger partial charge is 0.0394 e. The van der Waals surface area contributed by atoms with Crippen molar-refractivity contribution in [3.8, 4) is 12.3 Å². The predicted molar refractivity (Wildman–Crippen MR) is 123 cm³/mol. The van der Waals surface area contributed by atoms with Crippen LogP contribution in [0.2, 0.25) is 0 Å². The molecule has 0 saturated heterocycles. The van der Waals surface area contributed by atoms with Crippen LogP contribution in [0, 0.1) is 24.2 Å². The first kappa shape index (κ1) is 18.0. The van der Waals surface area contributed by atoms with E-state index < -0.39 is 0 Å². The van der Waals surface area contributed by atoms with Crippen molar-refractivity contribution < 1.29 is 0 Å². The van der Waals surface area contributed by atoms with Crippen LogP contribution in [0.25, 0.3) is 0 Å². The van der Waals surface area contributed by atoms with Crippen molar-refractivity contribution >= 4 is 0 Å². The van der Waals surface area contributed by atoms with Crippen molar-refractivity contribution in [3.05, 3.63) is 108 Å². The summed E-state index contributed by atoms with van der Waals surface area (Å²) >= 11 is 0. The molecule has 4 fully saturated rings. The molecule has 4 aliphatic rings. The lowest BCUT2D eigenvalue weighted by Crippen LogP contribution is -2.67. The maximum absolute atomic E-state index is 6.43. The molecular weight excluding hydrogens is 360 g/mol. The van der Waals surface area contributed by atoms with Crippen molar-refractivity contribution in [2.75, 3.05) is 0 Å². The SMILES string of the molecule is C#CC1C2(c3ccccc3)CC3CC(c4ccccc4)(C2)CC1(c1ccccc1)C3. The first-order valence-electron chi connectivity index (χ1n) is 11.3. The van der Waals surface area contributed by atoms with Gasteiger partial charge in [-0.05, 0) is 60.1 Å². The fraction of sp³-hybridized carbons (Fsp3) is 0.333. The molecule has 30 heavy (non-hydrogen) atoms. The van der Waals surface area contributed by atoms with E-state index in [0.29, 0.717) is 0 Å². The minimum atomic E-state index is 0.0567. The monoisotopic (exact) mass is 388 g/mol. The first-order chi connectivity index (χ1) is 14.7. The Morgan fingerprint density at radius 2 is 1.03 bits per heavy atom. The molecule has 7 rings (SSSR count). The molecule has 0 aliphatic heterocycles. The van der Waals surface area contributed by atoms with E-state index in [1.54, 1.807) is 0 Å². The molecular formula is C30H28. The Morgan fingerprint density at radius 3 is 1.47 bits per heavy atom. The van der Waals surface area contributed by atoms with Gasteiger partial charge < -0.3 is 0 Å². The van der Waals surface area contributed by atoms with Gasteiger partial charge in [0, 0.05) is 16.7 Å². The van der Waals surface area contributed by atoms with Crippen LogP contribution in [0.1, 0.15) is 48.8 Å². The average molecular weight is 389 g/mol. The van der Waals surface area contributed by atoms with E-state index in [4.69, 9.17) is 6.42 Å². The second-order valence-electron chi connectivity index (χ2n) is 10.1. The Bertz CT molecular complexity index is 1030. The van der Waals surface area contributed by atoms with Gasteiger partial charge in [-0.2, -0.15) is 0 Å². The molecule has 0 nitrogen and oxygen atoms in total. The molecule has 0 aromatic heterocycles. The Labute approximate surface area is 180 Å². The van der Waals surface area contributed by atoms with Crippen LogP contribution in [0.3, 0.4) is 0 Å². The van der Waals surface area contributed by atoms with E-state index in [-0.39, 0.29) is 22.2 Å². The van der Waals surface area contributed by atoms with Crippen molar-refractivity contribution in [1.82, 2.24) is 0 Å². The van der Waals surface area contributed by atoms with Crippen molar-refractivity contribution in [1.29, 1.82) is 0 Å². The molecule has 0 N–H and O–H groups in total. The predicted octanol–water partition coefficient (Wildman–Crippen LogP) is 6.66. The summed E-state index contributed by atoms with van der Waals surface area (Å²) in [4.78, 5) is 0. The number of terminal acetylenes is 1. The molecule has 4 saturated carbocycles. The molecule has 4 aliphatic carbocycles. The Hall–Kier alpha value is -2.78. The lowest BCUT2D eigenvalue weighted by atomic mass is 9.33. The fourth-order valence-electron chi connectivity index (χ4n) is 8.07. The quantitative estimate of drug-likeness (QED) is 0.440. The normalized spacial score (nSPS) is 36.4. The van der Waals surface area contributed by atoms with E-state index in [0.717, 1.165) is 5.92 Å². The number of benzene rings is 3. The van der Waals surface area contributed by atoms with Crippen LogP contribution in [-0.4, -0.2) is 0 Å². The van der Waals surface area contributed by atoms with E-state index in [1.165, 1.54) is 48.8 Å². The topological polar surface area (TPSA) is 0 Å². The van der Waals surface area contributed by atoms with E-state index in [9.17, 15) is 0 Å². The van der Waals surface area contributed by atoms with Crippen molar-refractivity contribution in [2.45, 2.75) is 48.3 Å². The van der Waals surface area contributed by atoms with Crippen LogP contribution < -0.4 is 0 Å². The van der Waals surface area contributed by atoms with E-state index >= 15 is 0 Å². The standard InChI is InChI=1S/C30H28/c1-2-27-29(25-14-8-4-9-15-25)19-23-18-28(21-29,24-12-6-3-7-13-24)22-30(27,20-23)26-16-10-5-11-17-26/h1,3-17,23,27H,18-22H2. The Balaban J connectivity index is 1.63. The largest absolute Gasteiger partial charge is 0.120 e. The molecule has 148 valence electrons. The molecule has 0 spiro atoms. The molecule has 3 aromatic carbocycles. The second kappa shape index (κ2) is 6.36. The minimum Gasteiger partial charge on any atom is -0.120 e. The van der Waals surface area contributed by atoms with Crippen LogP contribution in [0.15, 0.2) is 91.0 Å². The molecule has 2 atom stereocenters. The minimum absolute atomic E-state index is 0.0567. The van der Waals surface area contributed by atoms with Gasteiger partial charge in [0.2, 0.25) is 0 Å². The summed E-state index contributed by atoms with van der Waals surface area (Å²) in [5.74, 6) is 4.35. The second-order valence-corrected chi connectivity index (χ2v) is 10.1. The van der Waals surface area contributed by atoms with Gasteiger partial charge in [-0.25, -0.2) is 0 Å². The molecule has 4 bridgehead atoms. The fourth-order valence-corrected chi connectivity index (χ4v) is 8.07. The molecule has 0 amide bonds. The highest BCUT2D eigenvalue weighted by molar-refractivity contribution is 5.48. The number of hydrogen-bond donors (Lipinski definition) is 0. The van der Waals surface area contributed by atoms with Crippen molar-refractivity contribution in [2.24, 2.45) is 11.8 Å². The number of rotatable bonds is 3. The lowest BCUT2D eigenvalue weighted by Gasteiger charge is -2.70. The number of hydrogen-bond acceptors (Lipinski definition) is 0. The molecule has 0 radical (unpaired) electrons. The zero-order valence-corrected chi connectivity index (χ0v) is 17.4. The molecule has 0 heteroatoms. The van der Waals surface area contributed by atoms with Crippen LogP contribution in [0.4, 0.5) is 0 Å². The van der Waals surface area contributed by atoms with E-state index in [2.05, 4.69) is 96.9 Å². The third kappa shape index (κ3) is 2.30. The zero-order chi connectivity index (χ0) is 20.2. The van der Waals surface area contributed by atoms with Gasteiger partial charge in [0.05, 0.1) is 0 Å². The summed E-state index contributed by atoms with van der Waals surface area (Å²) in [6.45, 7) is 0. The Morgan fingerprint density at radius 1 is 0.600 bits per heavy atom. The van der Waals surface area contributed by atoms with Gasteiger partial charge in [0.25, 0.3) is 0 Å². The first-order valence-corrected chi connectivity index (χ1v) is 11.3. The van der Waals surface area contributed by atoms with Crippen LogP contribution >= 0.6 is 0 Å². The van der Waals surface area contributed by atoms with Crippen molar-refractivity contribution in [3.63, 3.8) is 0 Å². The summed E-state index contributed by atoms with van der Waals surface area (Å²) in [6.07, 6.45) is 12.5. The maximum Gasteiger partial charge on any atom is 0.0394 e. The van der Waals surface area contributed by atoms with E-state index in [1.807, 2.05) is 0 Å². The maximum atomic E-state index is 6.43.